The number of hydrogen-bond acceptors (Lipinski definition) is 9. The summed E-state index contributed by atoms with van der Waals surface area (Å²) in [7, 11) is 7.59. The Morgan fingerprint density at radius 1 is 0.639 bits per heavy atom. The second kappa shape index (κ2) is 19.6. The molecule has 0 N–H and O–H groups in total. The number of thioether (sulfide) groups is 1. The molecule has 0 atom stereocenters. The number of sulfone groups is 1. The largest absolute Gasteiger partial charge is 0.379 e. The van der Waals surface area contributed by atoms with Gasteiger partial charge in [0.15, 0.2) is 9.84 Å². The molecule has 0 aromatic rings. The molecule has 0 aromatic heterocycles. The highest BCUT2D eigenvalue weighted by Crippen LogP contribution is 2.06. The van der Waals surface area contributed by atoms with E-state index in [0.29, 0.717) is 30.5 Å². The van der Waals surface area contributed by atoms with E-state index in [0.717, 1.165) is 45.7 Å². The molecule has 5 saturated heterocycles. The first-order valence-corrected chi connectivity index (χ1v) is 16.4. The monoisotopic (exact) mass is 551 g/mol. The van der Waals surface area contributed by atoms with Crippen LogP contribution in [0.25, 0.3) is 0 Å². The van der Waals surface area contributed by atoms with Gasteiger partial charge in [-0.2, -0.15) is 11.8 Å². The van der Waals surface area contributed by atoms with E-state index in [4.69, 9.17) is 4.74 Å². The van der Waals surface area contributed by atoms with Crippen LogP contribution < -0.4 is 0 Å². The molecule has 0 aromatic carbocycles. The molecule has 5 aliphatic heterocycles. The Labute approximate surface area is 225 Å². The van der Waals surface area contributed by atoms with Crippen molar-refractivity contribution in [2.24, 2.45) is 0 Å². The first-order valence-electron chi connectivity index (χ1n) is 13.4. The summed E-state index contributed by atoms with van der Waals surface area (Å²) < 4.78 is 26.6. The molecule has 11 heteroatoms. The van der Waals surface area contributed by atoms with E-state index in [2.05, 4.69) is 47.6 Å². The fourth-order valence-electron chi connectivity index (χ4n) is 3.77. The molecule has 36 heavy (non-hydrogen) atoms. The maximum absolute atomic E-state index is 10.8. The molecule has 214 valence electrons. The molecule has 5 fully saturated rings. The zero-order valence-corrected chi connectivity index (χ0v) is 25.3. The van der Waals surface area contributed by atoms with Crippen molar-refractivity contribution in [3.8, 4) is 0 Å². The van der Waals surface area contributed by atoms with E-state index in [1.165, 1.54) is 50.5 Å². The van der Waals surface area contributed by atoms with Crippen LogP contribution in [0.2, 0.25) is 0 Å². The molecule has 0 radical (unpaired) electrons. The van der Waals surface area contributed by atoms with Gasteiger partial charge in [-0.1, -0.05) is 0 Å². The van der Waals surface area contributed by atoms with Crippen LogP contribution in [0.4, 0.5) is 0 Å². The standard InChI is InChI=1S/C5H11NO2S.C5H11NO.C5H9NO.C5H11NS.C5H11N/c1-6-2-4-9(7,8)5-3-6;1-6-2-4-7-5-3-6;1-6-4-2-3-5(6)7;1-6-2-4-7-5-3-6;1-6-4-2-3-5-6/h2-5H2,1H3;2-5H2,1H3;2-4H2,1H3;2-5H2,1H3;2-5H2,1H3. The van der Waals surface area contributed by atoms with Crippen LogP contribution in [0.5, 0.6) is 0 Å². The Kier molecular flexibility index (Phi) is 18.3. The third-order valence-corrected chi connectivity index (χ3v) is 9.23. The van der Waals surface area contributed by atoms with E-state index in [1.54, 1.807) is 4.90 Å². The number of likely N-dealkylation sites (N-methyl/N-ethyl adjacent to an activating group) is 1. The molecule has 0 aliphatic carbocycles. The second-order valence-electron chi connectivity index (χ2n) is 10.2. The average molecular weight is 552 g/mol. The molecular weight excluding hydrogens is 498 g/mol. The van der Waals surface area contributed by atoms with Gasteiger partial charge >= 0.3 is 0 Å². The Morgan fingerprint density at radius 2 is 1.11 bits per heavy atom. The molecule has 9 nitrogen and oxygen atoms in total. The van der Waals surface area contributed by atoms with Gasteiger partial charge in [-0.05, 0) is 60.5 Å². The summed E-state index contributed by atoms with van der Waals surface area (Å²) in [6.45, 7) is 11.6. The van der Waals surface area contributed by atoms with Gasteiger partial charge in [0.25, 0.3) is 0 Å². The normalized spacial score (nSPS) is 25.2. The number of likely N-dealkylation sites (tertiary alicyclic amines) is 2. The number of carbonyl (C=O) groups is 1. The van der Waals surface area contributed by atoms with Gasteiger partial charge in [0.1, 0.15) is 0 Å². The minimum atomic E-state index is -2.66. The highest BCUT2D eigenvalue weighted by atomic mass is 32.2. The molecule has 5 aliphatic rings. The Balaban J connectivity index is 0.000000226. The summed E-state index contributed by atoms with van der Waals surface area (Å²) in [5.41, 5.74) is 0. The summed E-state index contributed by atoms with van der Waals surface area (Å²) in [6.07, 6.45) is 4.64. The van der Waals surface area contributed by atoms with Crippen molar-refractivity contribution >= 4 is 27.5 Å². The Hall–Kier alpha value is -0.430. The van der Waals surface area contributed by atoms with Gasteiger partial charge < -0.3 is 29.2 Å². The summed E-state index contributed by atoms with van der Waals surface area (Å²) in [4.78, 5) is 21.3. The van der Waals surface area contributed by atoms with E-state index >= 15 is 0 Å². The third-order valence-electron chi connectivity index (χ3n) is 6.68. The Bertz CT molecular complexity index is 635. The van der Waals surface area contributed by atoms with Crippen molar-refractivity contribution in [2.45, 2.75) is 25.7 Å². The first kappa shape index (κ1) is 33.6. The van der Waals surface area contributed by atoms with Crippen molar-refractivity contribution in [2.75, 3.05) is 130 Å². The maximum Gasteiger partial charge on any atom is 0.222 e. The van der Waals surface area contributed by atoms with E-state index < -0.39 is 9.84 Å². The fraction of sp³-hybridized carbons (Fsp3) is 0.960. The minimum Gasteiger partial charge on any atom is -0.379 e. The van der Waals surface area contributed by atoms with Crippen LogP contribution in [0, 0.1) is 0 Å². The molecule has 0 saturated carbocycles. The number of morpholine rings is 1. The summed E-state index contributed by atoms with van der Waals surface area (Å²) in [6, 6.07) is 0. The van der Waals surface area contributed by atoms with Crippen molar-refractivity contribution < 1.29 is 17.9 Å². The van der Waals surface area contributed by atoms with Crippen molar-refractivity contribution in [3.63, 3.8) is 0 Å². The molecule has 0 bridgehead atoms. The third kappa shape index (κ3) is 17.9. The van der Waals surface area contributed by atoms with Gasteiger partial charge in [-0.25, -0.2) is 8.42 Å². The predicted octanol–water partition coefficient (Wildman–Crippen LogP) is 0.911. The quantitative estimate of drug-likeness (QED) is 0.437. The van der Waals surface area contributed by atoms with Gasteiger partial charge in [-0.15, -0.1) is 0 Å². The van der Waals surface area contributed by atoms with E-state index in [-0.39, 0.29) is 0 Å². The van der Waals surface area contributed by atoms with Crippen LogP contribution in [-0.4, -0.2) is 169 Å². The number of ether oxygens (including phenoxy) is 1. The molecule has 0 unspecified atom stereocenters. The SMILES string of the molecule is CN1CCCC1.CN1CCCC1=O.CN1CCOCC1.CN1CCS(=O)(=O)CC1.CN1CCSCC1. The summed E-state index contributed by atoms with van der Waals surface area (Å²) in [5.74, 6) is 3.62. The van der Waals surface area contributed by atoms with Crippen LogP contribution in [0.1, 0.15) is 25.7 Å². The van der Waals surface area contributed by atoms with Gasteiger partial charge in [0.05, 0.1) is 24.7 Å². The van der Waals surface area contributed by atoms with Gasteiger partial charge in [-0.3, -0.25) is 4.79 Å². The smallest absolute Gasteiger partial charge is 0.222 e. The maximum atomic E-state index is 10.8. The summed E-state index contributed by atoms with van der Waals surface area (Å²) in [5, 5.41) is 0. The average Bonchev–Trinajstić information content (AvgIpc) is 3.49. The second-order valence-corrected chi connectivity index (χ2v) is 13.7. The van der Waals surface area contributed by atoms with Gasteiger partial charge in [0.2, 0.25) is 5.91 Å². The lowest BCUT2D eigenvalue weighted by atomic mass is 10.4. The number of carbonyl (C=O) groups excluding carboxylic acids is 1. The summed E-state index contributed by atoms with van der Waals surface area (Å²) >= 11 is 2.06. The molecule has 1 amide bonds. The number of hydrogen-bond donors (Lipinski definition) is 0. The van der Waals surface area contributed by atoms with Crippen LogP contribution in [-0.2, 0) is 19.4 Å². The lowest BCUT2D eigenvalue weighted by Crippen LogP contribution is -2.37. The van der Waals surface area contributed by atoms with Crippen LogP contribution in [0.3, 0.4) is 0 Å². The molecule has 5 rings (SSSR count). The first-order chi connectivity index (χ1) is 17.1. The van der Waals surface area contributed by atoms with Crippen LogP contribution in [0.15, 0.2) is 0 Å². The highest BCUT2D eigenvalue weighted by molar-refractivity contribution is 7.99. The fourth-order valence-corrected chi connectivity index (χ4v) is 6.24. The van der Waals surface area contributed by atoms with E-state index in [1.807, 2.05) is 19.0 Å². The Morgan fingerprint density at radius 3 is 1.36 bits per heavy atom. The number of nitrogens with zero attached hydrogens (tertiary/aromatic N) is 5. The molecular formula is C25H53N5O4S2. The number of amides is 1. The molecule has 5 heterocycles. The lowest BCUT2D eigenvalue weighted by Gasteiger charge is -2.21. The zero-order chi connectivity index (χ0) is 26.8. The van der Waals surface area contributed by atoms with Gasteiger partial charge in [0, 0.05) is 70.8 Å². The van der Waals surface area contributed by atoms with Crippen molar-refractivity contribution in [3.05, 3.63) is 0 Å². The lowest BCUT2D eigenvalue weighted by molar-refractivity contribution is -0.126. The van der Waals surface area contributed by atoms with E-state index in [9.17, 15) is 13.2 Å². The highest BCUT2D eigenvalue weighted by Gasteiger charge is 2.18. The zero-order valence-electron chi connectivity index (χ0n) is 23.6. The predicted molar refractivity (Wildman–Crippen MR) is 153 cm³/mol. The topological polar surface area (TPSA) is 76.6 Å². The minimum absolute atomic E-state index is 0.292. The molecule has 0 spiro atoms. The van der Waals surface area contributed by atoms with Crippen molar-refractivity contribution in [1.82, 2.24) is 24.5 Å². The van der Waals surface area contributed by atoms with Crippen molar-refractivity contribution in [1.29, 1.82) is 0 Å². The van der Waals surface area contributed by atoms with Crippen LogP contribution >= 0.6 is 11.8 Å². The number of rotatable bonds is 0.